The fourth-order valence-electron chi connectivity index (χ4n) is 4.50. The van der Waals surface area contributed by atoms with Gasteiger partial charge in [-0.15, -0.1) is 0 Å². The molecule has 0 aliphatic carbocycles. The van der Waals surface area contributed by atoms with Gasteiger partial charge in [-0.05, 0) is 76.1 Å². The Balaban J connectivity index is 2.17. The van der Waals surface area contributed by atoms with Crippen molar-refractivity contribution >= 4 is 39.1 Å². The maximum atomic E-state index is 14.3. The lowest BCUT2D eigenvalue weighted by Gasteiger charge is -2.34. The van der Waals surface area contributed by atoms with E-state index in [4.69, 9.17) is 25.8 Å². The van der Waals surface area contributed by atoms with E-state index < -0.39 is 34.1 Å². The van der Waals surface area contributed by atoms with Crippen molar-refractivity contribution in [3.8, 4) is 17.2 Å². The number of hydrogen-bond donors (Lipinski definition) is 1. The first-order valence-electron chi connectivity index (χ1n) is 13.9. The summed E-state index contributed by atoms with van der Waals surface area (Å²) in [6.45, 7) is 8.45. The predicted octanol–water partition coefficient (Wildman–Crippen LogP) is 5.20. The minimum Gasteiger partial charge on any atom is -0.495 e. The van der Waals surface area contributed by atoms with Crippen LogP contribution in [0.2, 0.25) is 5.02 Å². The van der Waals surface area contributed by atoms with Gasteiger partial charge in [0.25, 0.3) is 10.0 Å². The molecule has 3 rings (SSSR count). The molecular formula is C32H40ClN3O7S. The van der Waals surface area contributed by atoms with Crippen LogP contribution in [-0.2, 0) is 26.2 Å². The number of carbonyl (C=O) groups is 2. The maximum Gasteiger partial charge on any atom is 0.265 e. The zero-order valence-electron chi connectivity index (χ0n) is 26.3. The highest BCUT2D eigenvalue weighted by atomic mass is 35.5. The van der Waals surface area contributed by atoms with Crippen LogP contribution in [0.5, 0.6) is 17.2 Å². The van der Waals surface area contributed by atoms with Gasteiger partial charge in [-0.25, -0.2) is 8.42 Å². The second kappa shape index (κ2) is 14.2. The maximum absolute atomic E-state index is 14.3. The number of anilines is 1. The third kappa shape index (κ3) is 8.15. The smallest absolute Gasteiger partial charge is 0.265 e. The van der Waals surface area contributed by atoms with Gasteiger partial charge in [0.15, 0.2) is 11.5 Å². The highest BCUT2D eigenvalue weighted by Crippen LogP contribution is 2.37. The van der Waals surface area contributed by atoms with Gasteiger partial charge in [-0.3, -0.25) is 13.9 Å². The van der Waals surface area contributed by atoms with Crippen LogP contribution in [0.1, 0.15) is 38.8 Å². The number of ether oxygens (including phenoxy) is 3. The molecule has 0 fully saturated rings. The zero-order chi connectivity index (χ0) is 32.8. The molecule has 0 aliphatic heterocycles. The number of amides is 2. The van der Waals surface area contributed by atoms with E-state index in [-0.39, 0.29) is 39.6 Å². The first-order chi connectivity index (χ1) is 20.6. The second-order valence-corrected chi connectivity index (χ2v) is 13.5. The topological polar surface area (TPSA) is 114 Å². The number of benzene rings is 3. The molecule has 0 aliphatic rings. The number of methoxy groups -OCH3 is 3. The van der Waals surface area contributed by atoms with E-state index in [2.05, 4.69) is 5.32 Å². The van der Waals surface area contributed by atoms with E-state index in [0.717, 1.165) is 15.4 Å². The summed E-state index contributed by atoms with van der Waals surface area (Å²) >= 11 is 6.32. The Morgan fingerprint density at radius 3 is 2.11 bits per heavy atom. The normalized spacial score (nSPS) is 12.2. The lowest BCUT2D eigenvalue weighted by Crippen LogP contribution is -2.54. The summed E-state index contributed by atoms with van der Waals surface area (Å²) < 4.78 is 45.7. The Morgan fingerprint density at radius 2 is 1.52 bits per heavy atom. The number of carbonyl (C=O) groups excluding carboxylic acids is 2. The summed E-state index contributed by atoms with van der Waals surface area (Å²) in [5.74, 6) is -0.302. The van der Waals surface area contributed by atoms with Gasteiger partial charge in [0.1, 0.15) is 18.3 Å². The summed E-state index contributed by atoms with van der Waals surface area (Å²) in [6, 6.07) is 15.2. The molecule has 10 nitrogen and oxygen atoms in total. The lowest BCUT2D eigenvalue weighted by molar-refractivity contribution is -0.140. The number of rotatable bonds is 12. The van der Waals surface area contributed by atoms with Crippen molar-refractivity contribution in [2.24, 2.45) is 0 Å². The van der Waals surface area contributed by atoms with E-state index in [1.807, 2.05) is 52.0 Å². The van der Waals surface area contributed by atoms with Gasteiger partial charge in [0.2, 0.25) is 11.8 Å². The monoisotopic (exact) mass is 645 g/mol. The van der Waals surface area contributed by atoms with Crippen LogP contribution in [0.4, 0.5) is 5.69 Å². The molecule has 2 amide bonds. The van der Waals surface area contributed by atoms with Crippen molar-refractivity contribution in [3.63, 3.8) is 0 Å². The molecule has 0 unspecified atom stereocenters. The van der Waals surface area contributed by atoms with Gasteiger partial charge in [0.05, 0.1) is 31.9 Å². The Hall–Kier alpha value is -3.96. The molecule has 1 atom stereocenters. The molecule has 0 heterocycles. The lowest BCUT2D eigenvalue weighted by atomic mass is 10.1. The molecule has 0 bridgehead atoms. The van der Waals surface area contributed by atoms with Crippen LogP contribution >= 0.6 is 11.6 Å². The van der Waals surface area contributed by atoms with Gasteiger partial charge in [-0.1, -0.05) is 35.9 Å². The number of sulfonamides is 1. The summed E-state index contributed by atoms with van der Waals surface area (Å²) in [5, 5.41) is 3.15. The van der Waals surface area contributed by atoms with E-state index in [1.54, 1.807) is 13.0 Å². The largest absolute Gasteiger partial charge is 0.495 e. The summed E-state index contributed by atoms with van der Waals surface area (Å²) in [7, 11) is -0.216. The molecule has 44 heavy (non-hydrogen) atoms. The Morgan fingerprint density at radius 1 is 0.909 bits per heavy atom. The summed E-state index contributed by atoms with van der Waals surface area (Å²) in [5.41, 5.74) is 1.22. The van der Waals surface area contributed by atoms with E-state index in [9.17, 15) is 18.0 Å². The average Bonchev–Trinajstić information content (AvgIpc) is 2.97. The number of hydrogen-bond acceptors (Lipinski definition) is 7. The molecule has 3 aromatic carbocycles. The van der Waals surface area contributed by atoms with Crippen LogP contribution < -0.4 is 23.8 Å². The molecule has 0 aromatic heterocycles. The van der Waals surface area contributed by atoms with Gasteiger partial charge >= 0.3 is 0 Å². The molecule has 238 valence electrons. The van der Waals surface area contributed by atoms with Crippen LogP contribution in [0.3, 0.4) is 0 Å². The summed E-state index contributed by atoms with van der Waals surface area (Å²) in [6.07, 6.45) is 0. The SMILES string of the molecule is COc1ccc(S(=O)(=O)N(CC(=O)N(Cc2ccccc2C)[C@H](C)C(=O)NC(C)(C)C)c2cc(Cl)ccc2OC)cc1OC. The standard InChI is InChI=1S/C32H40ClN3O7S/c1-21-11-9-10-12-23(21)19-35(22(2)31(38)34-32(3,4)5)30(37)20-36(26-17-24(33)13-15-27(26)41-6)44(39,40)25-14-16-28(42-7)29(18-25)43-8/h9-18,22H,19-20H2,1-8H3,(H,34,38)/t22-/m1/s1. The van der Waals surface area contributed by atoms with E-state index in [1.165, 1.54) is 56.6 Å². The molecule has 3 aromatic rings. The number of nitrogens with zero attached hydrogens (tertiary/aromatic N) is 2. The minimum absolute atomic E-state index is 0.0470. The minimum atomic E-state index is -4.43. The van der Waals surface area contributed by atoms with E-state index in [0.29, 0.717) is 5.75 Å². The number of nitrogens with one attached hydrogen (secondary N) is 1. The van der Waals surface area contributed by atoms with Crippen molar-refractivity contribution in [1.82, 2.24) is 10.2 Å². The van der Waals surface area contributed by atoms with Crippen molar-refractivity contribution in [2.45, 2.75) is 57.6 Å². The highest BCUT2D eigenvalue weighted by Gasteiger charge is 2.35. The highest BCUT2D eigenvalue weighted by molar-refractivity contribution is 7.92. The molecule has 0 saturated heterocycles. The van der Waals surface area contributed by atoms with Crippen molar-refractivity contribution in [1.29, 1.82) is 0 Å². The third-order valence-corrected chi connectivity index (χ3v) is 8.89. The van der Waals surface area contributed by atoms with Crippen LogP contribution in [0, 0.1) is 6.92 Å². The number of halogens is 1. The van der Waals surface area contributed by atoms with Crippen molar-refractivity contribution in [3.05, 3.63) is 76.8 Å². The molecule has 12 heteroatoms. The molecule has 0 radical (unpaired) electrons. The van der Waals surface area contributed by atoms with Crippen molar-refractivity contribution < 1.29 is 32.2 Å². The van der Waals surface area contributed by atoms with Gasteiger partial charge in [-0.2, -0.15) is 0 Å². The predicted molar refractivity (Wildman–Crippen MR) is 171 cm³/mol. The Kier molecular flexibility index (Phi) is 11.2. The van der Waals surface area contributed by atoms with Gasteiger partial charge < -0.3 is 24.4 Å². The van der Waals surface area contributed by atoms with Gasteiger partial charge in [0, 0.05) is 23.2 Å². The fraction of sp³-hybridized carbons (Fsp3) is 0.375. The zero-order valence-corrected chi connectivity index (χ0v) is 27.9. The second-order valence-electron chi connectivity index (χ2n) is 11.2. The molecule has 1 N–H and O–H groups in total. The average molecular weight is 646 g/mol. The third-order valence-electron chi connectivity index (χ3n) is 6.90. The first kappa shape index (κ1) is 34.5. The molecule has 0 spiro atoms. The first-order valence-corrected chi connectivity index (χ1v) is 15.7. The fourth-order valence-corrected chi connectivity index (χ4v) is 6.10. The molecule has 0 saturated carbocycles. The Labute approximate surface area is 264 Å². The van der Waals surface area contributed by atoms with E-state index >= 15 is 0 Å². The van der Waals surface area contributed by atoms with Crippen LogP contribution in [0.25, 0.3) is 0 Å². The van der Waals surface area contributed by atoms with Crippen LogP contribution in [-0.4, -0.2) is 64.6 Å². The van der Waals surface area contributed by atoms with Crippen LogP contribution in [0.15, 0.2) is 65.6 Å². The molecular weight excluding hydrogens is 606 g/mol. The Bertz CT molecular complexity index is 1610. The number of aryl methyl sites for hydroxylation is 1. The summed E-state index contributed by atoms with van der Waals surface area (Å²) in [4.78, 5) is 28.8. The quantitative estimate of drug-likeness (QED) is 0.288. The van der Waals surface area contributed by atoms with Crippen molar-refractivity contribution in [2.75, 3.05) is 32.2 Å².